The molecule has 5 rings (SSSR count). The predicted octanol–water partition coefficient (Wildman–Crippen LogP) is 4.14. The average molecular weight is 506 g/mol. The van der Waals surface area contributed by atoms with Gasteiger partial charge in [-0.1, -0.05) is 19.6 Å². The third-order valence-corrected chi connectivity index (χ3v) is 8.26. The number of aromatic nitrogens is 2. The van der Waals surface area contributed by atoms with Gasteiger partial charge in [0.1, 0.15) is 0 Å². The molecule has 0 spiro atoms. The lowest BCUT2D eigenvalue weighted by Crippen LogP contribution is -2.49. The molecule has 1 aromatic heterocycles. The van der Waals surface area contributed by atoms with E-state index in [-0.39, 0.29) is 23.1 Å². The number of amides is 1. The summed E-state index contributed by atoms with van der Waals surface area (Å²) in [5, 5.41) is 7.01. The minimum atomic E-state index is -0.334. The molecule has 3 saturated heterocycles. The van der Waals surface area contributed by atoms with Crippen molar-refractivity contribution in [2.45, 2.75) is 51.0 Å². The topological polar surface area (TPSA) is 89.9 Å². The normalized spacial score (nSPS) is 20.6. The van der Waals surface area contributed by atoms with Gasteiger partial charge in [-0.3, -0.25) is 9.78 Å². The molecule has 9 nitrogen and oxygen atoms in total. The van der Waals surface area contributed by atoms with Gasteiger partial charge in [0.25, 0.3) is 5.82 Å². The molecule has 0 aliphatic carbocycles. The quantitative estimate of drug-likeness (QED) is 0.467. The number of piperidine rings is 1. The van der Waals surface area contributed by atoms with Crippen LogP contribution in [0.1, 0.15) is 61.6 Å². The summed E-state index contributed by atoms with van der Waals surface area (Å²) in [6, 6.07) is 6.48. The van der Waals surface area contributed by atoms with Gasteiger partial charge in [-0.05, 0) is 75.2 Å². The van der Waals surface area contributed by atoms with Crippen molar-refractivity contribution in [2.75, 3.05) is 62.7 Å². The Morgan fingerprint density at radius 3 is 2.68 bits per heavy atom. The smallest absolute Gasteiger partial charge is 0.314 e. The Kier molecular flexibility index (Phi) is 8.08. The molecule has 3 fully saturated rings. The number of imidazole rings is 1. The van der Waals surface area contributed by atoms with Crippen molar-refractivity contribution in [3.05, 3.63) is 47.2 Å². The minimum Gasteiger partial charge on any atom is -0.381 e. The first-order valence-corrected chi connectivity index (χ1v) is 13.7. The second kappa shape index (κ2) is 11.6. The molecule has 0 radical (unpaired) electrons. The highest BCUT2D eigenvalue weighted by Gasteiger charge is 2.35. The molecule has 3 aliphatic heterocycles. The van der Waals surface area contributed by atoms with Crippen LogP contribution in [0.4, 0.5) is 17.2 Å². The van der Waals surface area contributed by atoms with Crippen molar-refractivity contribution in [1.29, 1.82) is 0 Å². The largest absolute Gasteiger partial charge is 0.381 e. The first-order chi connectivity index (χ1) is 18.1. The zero-order valence-corrected chi connectivity index (χ0v) is 21.9. The van der Waals surface area contributed by atoms with E-state index in [4.69, 9.17) is 11.3 Å². The zero-order chi connectivity index (χ0) is 25.7. The number of carbonyl (C=O) groups is 1. The fourth-order valence-electron chi connectivity index (χ4n) is 5.86. The Bertz CT molecular complexity index is 1100. The third kappa shape index (κ3) is 5.98. The molecule has 3 N–H and O–H groups in total. The van der Waals surface area contributed by atoms with Gasteiger partial charge in [-0.25, -0.2) is 4.98 Å². The maximum Gasteiger partial charge on any atom is 0.314 e. The van der Waals surface area contributed by atoms with Crippen LogP contribution >= 0.6 is 0 Å². The van der Waals surface area contributed by atoms with Crippen LogP contribution in [0.3, 0.4) is 0 Å². The van der Waals surface area contributed by atoms with Crippen LogP contribution in [0.2, 0.25) is 0 Å². The number of aromatic amines is 1. The standard InChI is InChI=1S/C28H39N7O2/c1-21-7-14-35(15-8-21)24-19-22(5-6-23(24)32-27(36)26-30-20-25(29-2)33-26)28(9-17-37-18-10-28)31-11-16-34-12-3-4-13-34/h5-6,19-21,31H,3-4,7-18H2,1H3,(H,30,33)(H,32,36). The van der Waals surface area contributed by atoms with E-state index in [0.717, 1.165) is 76.5 Å². The Hall–Kier alpha value is -2.93. The summed E-state index contributed by atoms with van der Waals surface area (Å²) >= 11 is 0. The van der Waals surface area contributed by atoms with E-state index in [1.54, 1.807) is 0 Å². The molecule has 4 heterocycles. The van der Waals surface area contributed by atoms with Crippen LogP contribution in [0, 0.1) is 12.5 Å². The van der Waals surface area contributed by atoms with Crippen LogP contribution in [-0.2, 0) is 10.3 Å². The van der Waals surface area contributed by atoms with Gasteiger partial charge in [0.05, 0.1) is 17.6 Å². The SMILES string of the molecule is [C-]#[N+]c1cnc(C(=O)Nc2ccc(C3(NCCN4CCCC4)CCOCC3)cc2N2CCC(C)CC2)[nH]1. The fourth-order valence-corrected chi connectivity index (χ4v) is 5.86. The van der Waals surface area contributed by atoms with Crippen LogP contribution in [0.15, 0.2) is 24.4 Å². The number of ether oxygens (including phenoxy) is 1. The van der Waals surface area contributed by atoms with Crippen molar-refractivity contribution in [3.8, 4) is 0 Å². The minimum absolute atomic E-state index is 0.135. The lowest BCUT2D eigenvalue weighted by Gasteiger charge is -2.40. The monoisotopic (exact) mass is 505 g/mol. The number of H-pyrrole nitrogens is 1. The number of nitrogens with one attached hydrogen (secondary N) is 3. The lowest BCUT2D eigenvalue weighted by molar-refractivity contribution is 0.0358. The van der Waals surface area contributed by atoms with Gasteiger partial charge in [0, 0.05) is 44.9 Å². The molecule has 0 saturated carbocycles. The van der Waals surface area contributed by atoms with Crippen molar-refractivity contribution in [3.63, 3.8) is 0 Å². The van der Waals surface area contributed by atoms with Gasteiger partial charge in [-0.15, -0.1) is 0 Å². The van der Waals surface area contributed by atoms with E-state index in [0.29, 0.717) is 5.92 Å². The number of benzene rings is 1. The molecule has 198 valence electrons. The first kappa shape index (κ1) is 25.7. The van der Waals surface area contributed by atoms with Crippen molar-refractivity contribution in [2.24, 2.45) is 5.92 Å². The molecule has 1 aromatic carbocycles. The first-order valence-electron chi connectivity index (χ1n) is 13.7. The van der Waals surface area contributed by atoms with Crippen LogP contribution in [0.5, 0.6) is 0 Å². The van der Waals surface area contributed by atoms with E-state index in [1.807, 2.05) is 6.07 Å². The molecule has 1 amide bonds. The number of rotatable bonds is 8. The number of anilines is 2. The van der Waals surface area contributed by atoms with E-state index in [1.165, 1.54) is 37.7 Å². The van der Waals surface area contributed by atoms with Crippen LogP contribution in [0.25, 0.3) is 4.85 Å². The highest BCUT2D eigenvalue weighted by molar-refractivity contribution is 6.04. The summed E-state index contributed by atoms with van der Waals surface area (Å²) in [5.74, 6) is 0.783. The van der Waals surface area contributed by atoms with Crippen LogP contribution < -0.4 is 15.5 Å². The number of hydrogen-bond donors (Lipinski definition) is 3. The summed E-state index contributed by atoms with van der Waals surface area (Å²) in [4.78, 5) is 28.1. The Balaban J connectivity index is 1.41. The number of carbonyl (C=O) groups excluding carboxylic acids is 1. The highest BCUT2D eigenvalue weighted by Crippen LogP contribution is 2.38. The fraction of sp³-hybridized carbons (Fsp3) is 0.607. The number of nitrogens with zero attached hydrogens (tertiary/aromatic N) is 4. The maximum absolute atomic E-state index is 13.0. The lowest BCUT2D eigenvalue weighted by atomic mass is 9.82. The molecular formula is C28H39N7O2. The Morgan fingerprint density at radius 2 is 1.97 bits per heavy atom. The molecule has 0 bridgehead atoms. The predicted molar refractivity (Wildman–Crippen MR) is 145 cm³/mol. The number of likely N-dealkylation sites (tertiary alicyclic amines) is 1. The summed E-state index contributed by atoms with van der Waals surface area (Å²) in [6.45, 7) is 17.3. The summed E-state index contributed by atoms with van der Waals surface area (Å²) < 4.78 is 5.77. The van der Waals surface area contributed by atoms with E-state index < -0.39 is 0 Å². The van der Waals surface area contributed by atoms with Crippen molar-refractivity contribution < 1.29 is 9.53 Å². The van der Waals surface area contributed by atoms with Crippen molar-refractivity contribution in [1.82, 2.24) is 20.2 Å². The molecular weight excluding hydrogens is 466 g/mol. The second-order valence-corrected chi connectivity index (χ2v) is 10.8. The summed E-state index contributed by atoms with van der Waals surface area (Å²) in [6.07, 6.45) is 8.14. The zero-order valence-electron chi connectivity index (χ0n) is 21.9. The average Bonchev–Trinajstić information content (AvgIpc) is 3.63. The summed E-state index contributed by atoms with van der Waals surface area (Å²) in [5.41, 5.74) is 2.96. The Morgan fingerprint density at radius 1 is 1.22 bits per heavy atom. The second-order valence-electron chi connectivity index (χ2n) is 10.8. The third-order valence-electron chi connectivity index (χ3n) is 8.26. The Labute approximate surface area is 219 Å². The van der Waals surface area contributed by atoms with Gasteiger partial charge in [-0.2, -0.15) is 0 Å². The highest BCUT2D eigenvalue weighted by atomic mass is 16.5. The number of hydrogen-bond acceptors (Lipinski definition) is 6. The molecule has 0 atom stereocenters. The summed E-state index contributed by atoms with van der Waals surface area (Å²) in [7, 11) is 0. The molecule has 3 aliphatic rings. The molecule has 2 aromatic rings. The van der Waals surface area contributed by atoms with E-state index in [9.17, 15) is 4.79 Å². The molecule has 9 heteroatoms. The molecule has 37 heavy (non-hydrogen) atoms. The molecule has 0 unspecified atom stereocenters. The van der Waals surface area contributed by atoms with Gasteiger partial charge in [0.2, 0.25) is 5.82 Å². The van der Waals surface area contributed by atoms with Gasteiger partial charge < -0.3 is 30.0 Å². The van der Waals surface area contributed by atoms with E-state index in [2.05, 4.69) is 54.3 Å². The maximum atomic E-state index is 13.0. The van der Waals surface area contributed by atoms with Crippen molar-refractivity contribution >= 4 is 23.1 Å². The van der Waals surface area contributed by atoms with E-state index >= 15 is 0 Å². The van der Waals surface area contributed by atoms with Gasteiger partial charge in [0.15, 0.2) is 0 Å². The van der Waals surface area contributed by atoms with Crippen LogP contribution in [-0.4, -0.2) is 73.3 Å². The van der Waals surface area contributed by atoms with Gasteiger partial charge >= 0.3 is 5.91 Å².